The third-order valence-corrected chi connectivity index (χ3v) is 3.83. The second kappa shape index (κ2) is 6.48. The standard InChI is InChI=1S/C15H19BrFN/c1-11(9-14-4-2-3-7-18-14)8-12-10-13(16)5-6-15(12)17/h5-6,8,10,14,18H,2-4,7,9H2,1H3/b11-8-. The van der Waals surface area contributed by atoms with Gasteiger partial charge < -0.3 is 5.32 Å². The fourth-order valence-corrected chi connectivity index (χ4v) is 2.82. The quantitative estimate of drug-likeness (QED) is 0.865. The predicted octanol–water partition coefficient (Wildman–Crippen LogP) is 4.52. The highest BCUT2D eigenvalue weighted by Crippen LogP contribution is 2.21. The first-order valence-electron chi connectivity index (χ1n) is 6.51. The van der Waals surface area contributed by atoms with Crippen LogP contribution >= 0.6 is 15.9 Å². The van der Waals surface area contributed by atoms with Crippen molar-refractivity contribution in [2.45, 2.75) is 38.6 Å². The average molecular weight is 312 g/mol. The first-order chi connectivity index (χ1) is 8.65. The zero-order chi connectivity index (χ0) is 13.0. The Balaban J connectivity index is 2.04. The lowest BCUT2D eigenvalue weighted by molar-refractivity contribution is 0.399. The molecule has 1 aromatic rings. The van der Waals surface area contributed by atoms with Gasteiger partial charge in [0.25, 0.3) is 0 Å². The Hall–Kier alpha value is -0.670. The number of piperidine rings is 1. The molecule has 1 aromatic carbocycles. The predicted molar refractivity (Wildman–Crippen MR) is 78.0 cm³/mol. The summed E-state index contributed by atoms with van der Waals surface area (Å²) in [4.78, 5) is 0. The number of nitrogens with one attached hydrogen (secondary N) is 1. The van der Waals surface area contributed by atoms with Gasteiger partial charge in [-0.2, -0.15) is 0 Å². The summed E-state index contributed by atoms with van der Waals surface area (Å²) in [5.41, 5.74) is 1.89. The normalized spacial score (nSPS) is 21.1. The van der Waals surface area contributed by atoms with Crippen LogP contribution in [0.2, 0.25) is 0 Å². The van der Waals surface area contributed by atoms with Gasteiger partial charge in [-0.05, 0) is 50.9 Å². The van der Waals surface area contributed by atoms with Crippen LogP contribution in [0.1, 0.15) is 38.2 Å². The third kappa shape index (κ3) is 3.92. The molecule has 1 heterocycles. The summed E-state index contributed by atoms with van der Waals surface area (Å²) in [6.07, 6.45) is 6.77. The summed E-state index contributed by atoms with van der Waals surface area (Å²) in [5, 5.41) is 3.52. The highest BCUT2D eigenvalue weighted by atomic mass is 79.9. The van der Waals surface area contributed by atoms with Crippen molar-refractivity contribution < 1.29 is 4.39 Å². The molecule has 0 saturated carbocycles. The summed E-state index contributed by atoms with van der Waals surface area (Å²) in [6.45, 7) is 3.19. The number of halogens is 2. The number of rotatable bonds is 3. The van der Waals surface area contributed by atoms with Crippen LogP contribution in [0.4, 0.5) is 4.39 Å². The van der Waals surface area contributed by atoms with E-state index in [4.69, 9.17) is 0 Å². The third-order valence-electron chi connectivity index (χ3n) is 3.34. The molecule has 1 aliphatic rings. The van der Waals surface area contributed by atoms with Crippen LogP contribution in [0, 0.1) is 5.82 Å². The molecule has 0 radical (unpaired) electrons. The molecule has 1 saturated heterocycles. The smallest absolute Gasteiger partial charge is 0.130 e. The van der Waals surface area contributed by atoms with Gasteiger partial charge in [-0.15, -0.1) is 0 Å². The van der Waals surface area contributed by atoms with Crippen LogP contribution in [0.3, 0.4) is 0 Å². The van der Waals surface area contributed by atoms with E-state index in [0.717, 1.165) is 17.4 Å². The molecule has 18 heavy (non-hydrogen) atoms. The minimum Gasteiger partial charge on any atom is -0.314 e. The molecule has 1 fully saturated rings. The van der Waals surface area contributed by atoms with E-state index in [1.54, 1.807) is 6.07 Å². The molecule has 0 aromatic heterocycles. The van der Waals surface area contributed by atoms with E-state index in [0.29, 0.717) is 11.6 Å². The first kappa shape index (κ1) is 13.8. The second-order valence-corrected chi connectivity index (χ2v) is 5.92. The highest BCUT2D eigenvalue weighted by Gasteiger charge is 2.12. The van der Waals surface area contributed by atoms with E-state index in [1.807, 2.05) is 12.1 Å². The first-order valence-corrected chi connectivity index (χ1v) is 7.30. The Morgan fingerprint density at radius 2 is 2.33 bits per heavy atom. The SMILES string of the molecule is C/C(=C/c1cc(Br)ccc1F)CC1CCCCN1. The van der Waals surface area contributed by atoms with Crippen molar-refractivity contribution in [2.75, 3.05) is 6.54 Å². The second-order valence-electron chi connectivity index (χ2n) is 5.01. The van der Waals surface area contributed by atoms with Gasteiger partial charge in [0.15, 0.2) is 0 Å². The molecule has 1 nitrogen and oxygen atoms in total. The van der Waals surface area contributed by atoms with Gasteiger partial charge in [-0.25, -0.2) is 4.39 Å². The molecule has 2 rings (SSSR count). The van der Waals surface area contributed by atoms with Gasteiger partial charge in [0.1, 0.15) is 5.82 Å². The lowest BCUT2D eigenvalue weighted by Gasteiger charge is -2.23. The minimum atomic E-state index is -0.158. The molecule has 98 valence electrons. The van der Waals surface area contributed by atoms with Crippen molar-refractivity contribution >= 4 is 22.0 Å². The van der Waals surface area contributed by atoms with E-state index in [-0.39, 0.29) is 5.82 Å². The molecule has 1 atom stereocenters. The van der Waals surface area contributed by atoms with E-state index in [2.05, 4.69) is 28.2 Å². The Labute approximate surface area is 117 Å². The zero-order valence-electron chi connectivity index (χ0n) is 10.7. The maximum absolute atomic E-state index is 13.6. The summed E-state index contributed by atoms with van der Waals surface area (Å²) < 4.78 is 14.5. The fourth-order valence-electron chi connectivity index (χ4n) is 2.44. The van der Waals surface area contributed by atoms with Crippen LogP contribution in [-0.4, -0.2) is 12.6 Å². The number of hydrogen-bond donors (Lipinski definition) is 1. The maximum atomic E-state index is 13.6. The van der Waals surface area contributed by atoms with Crippen molar-refractivity contribution in [3.8, 4) is 0 Å². The van der Waals surface area contributed by atoms with Gasteiger partial charge in [-0.1, -0.05) is 34.0 Å². The Bertz CT molecular complexity index is 436. The number of hydrogen-bond acceptors (Lipinski definition) is 1. The fraction of sp³-hybridized carbons (Fsp3) is 0.467. The summed E-state index contributed by atoms with van der Waals surface area (Å²) in [6, 6.07) is 5.62. The van der Waals surface area contributed by atoms with Crippen LogP contribution in [0.25, 0.3) is 6.08 Å². The largest absolute Gasteiger partial charge is 0.314 e. The molecule has 3 heteroatoms. The van der Waals surface area contributed by atoms with Gasteiger partial charge in [0, 0.05) is 16.1 Å². The molecule has 0 amide bonds. The van der Waals surface area contributed by atoms with Crippen molar-refractivity contribution in [3.63, 3.8) is 0 Å². The summed E-state index contributed by atoms with van der Waals surface area (Å²) >= 11 is 3.38. The van der Waals surface area contributed by atoms with Crippen molar-refractivity contribution in [1.29, 1.82) is 0 Å². The Morgan fingerprint density at radius 3 is 3.06 bits per heavy atom. The minimum absolute atomic E-state index is 0.158. The van der Waals surface area contributed by atoms with Crippen LogP contribution in [0.5, 0.6) is 0 Å². The topological polar surface area (TPSA) is 12.0 Å². The zero-order valence-corrected chi connectivity index (χ0v) is 12.3. The Kier molecular flexibility index (Phi) is 4.95. The average Bonchev–Trinajstić information content (AvgIpc) is 2.35. The molecule has 1 N–H and O–H groups in total. The highest BCUT2D eigenvalue weighted by molar-refractivity contribution is 9.10. The molecule has 1 aliphatic heterocycles. The van der Waals surface area contributed by atoms with Crippen LogP contribution < -0.4 is 5.32 Å². The molecule has 1 unspecified atom stereocenters. The summed E-state index contributed by atoms with van der Waals surface area (Å²) in [7, 11) is 0. The lowest BCUT2D eigenvalue weighted by atomic mass is 9.97. The molecule has 0 bridgehead atoms. The van der Waals surface area contributed by atoms with Gasteiger partial charge in [-0.3, -0.25) is 0 Å². The van der Waals surface area contributed by atoms with E-state index >= 15 is 0 Å². The van der Waals surface area contributed by atoms with Gasteiger partial charge in [0.2, 0.25) is 0 Å². The lowest BCUT2D eigenvalue weighted by Crippen LogP contribution is -2.33. The van der Waals surface area contributed by atoms with Gasteiger partial charge >= 0.3 is 0 Å². The molecular weight excluding hydrogens is 293 g/mol. The van der Waals surface area contributed by atoms with Crippen molar-refractivity contribution in [2.24, 2.45) is 0 Å². The van der Waals surface area contributed by atoms with E-state index in [9.17, 15) is 4.39 Å². The molecule has 0 spiro atoms. The van der Waals surface area contributed by atoms with Crippen molar-refractivity contribution in [3.05, 3.63) is 39.6 Å². The number of benzene rings is 1. The monoisotopic (exact) mass is 311 g/mol. The van der Waals surface area contributed by atoms with E-state index in [1.165, 1.54) is 30.9 Å². The summed E-state index contributed by atoms with van der Waals surface area (Å²) in [5.74, 6) is -0.158. The van der Waals surface area contributed by atoms with Gasteiger partial charge in [0.05, 0.1) is 0 Å². The van der Waals surface area contributed by atoms with E-state index < -0.39 is 0 Å². The maximum Gasteiger partial charge on any atom is 0.130 e. The molecular formula is C15H19BrFN. The van der Waals surface area contributed by atoms with Crippen LogP contribution in [-0.2, 0) is 0 Å². The molecule has 0 aliphatic carbocycles. The van der Waals surface area contributed by atoms with Crippen LogP contribution in [0.15, 0.2) is 28.2 Å². The van der Waals surface area contributed by atoms with Crippen molar-refractivity contribution in [1.82, 2.24) is 5.32 Å². The Morgan fingerprint density at radius 1 is 1.50 bits per heavy atom.